The van der Waals surface area contributed by atoms with Crippen molar-refractivity contribution in [1.82, 2.24) is 15.1 Å². The zero-order valence-corrected chi connectivity index (χ0v) is 18.7. The van der Waals surface area contributed by atoms with E-state index in [9.17, 15) is 5.11 Å². The number of aliphatic hydroxyl groups excluding tert-OH is 1. The van der Waals surface area contributed by atoms with E-state index in [1.54, 1.807) is 0 Å². The molecular weight excluding hydrogens is 455 g/mol. The highest BCUT2D eigenvalue weighted by atomic mass is 127. The van der Waals surface area contributed by atoms with Gasteiger partial charge in [0.1, 0.15) is 0 Å². The van der Waals surface area contributed by atoms with Crippen molar-refractivity contribution >= 4 is 29.9 Å². The van der Waals surface area contributed by atoms with Crippen LogP contribution in [0.25, 0.3) is 0 Å². The van der Waals surface area contributed by atoms with Crippen LogP contribution < -0.4 is 5.32 Å². The van der Waals surface area contributed by atoms with Gasteiger partial charge in [-0.3, -0.25) is 9.89 Å². The van der Waals surface area contributed by atoms with Crippen LogP contribution in [0.3, 0.4) is 0 Å². The molecule has 0 radical (unpaired) electrons. The molecule has 2 N–H and O–H groups in total. The van der Waals surface area contributed by atoms with Crippen LogP contribution in [0.2, 0.25) is 0 Å². The van der Waals surface area contributed by atoms with E-state index in [1.807, 2.05) is 6.92 Å². The number of nitrogens with one attached hydrogen (secondary N) is 1. The van der Waals surface area contributed by atoms with E-state index >= 15 is 0 Å². The molecule has 1 aromatic rings. The van der Waals surface area contributed by atoms with Crippen LogP contribution in [-0.4, -0.2) is 78.9 Å². The molecule has 7 heteroatoms. The SMILES string of the molecule is CCNC(=NCC(C)CO)N1CC2OCCN(Cc3ccccc3)C2C1.I. The fourth-order valence-electron chi connectivity index (χ4n) is 3.67. The molecule has 0 aromatic heterocycles. The highest BCUT2D eigenvalue weighted by molar-refractivity contribution is 14.0. The number of aliphatic hydroxyl groups is 1. The third-order valence-corrected chi connectivity index (χ3v) is 5.14. The van der Waals surface area contributed by atoms with E-state index in [-0.39, 0.29) is 42.6 Å². The normalized spacial score (nSPS) is 24.3. The summed E-state index contributed by atoms with van der Waals surface area (Å²) >= 11 is 0. The Labute approximate surface area is 180 Å². The van der Waals surface area contributed by atoms with E-state index in [2.05, 4.69) is 52.4 Å². The van der Waals surface area contributed by atoms with Crippen molar-refractivity contribution in [3.05, 3.63) is 35.9 Å². The highest BCUT2D eigenvalue weighted by Gasteiger charge is 2.41. The monoisotopic (exact) mass is 488 g/mol. The lowest BCUT2D eigenvalue weighted by molar-refractivity contribution is -0.0502. The Morgan fingerprint density at radius 3 is 2.81 bits per heavy atom. The molecule has 2 fully saturated rings. The van der Waals surface area contributed by atoms with Gasteiger partial charge >= 0.3 is 0 Å². The number of rotatable bonds is 6. The molecule has 2 saturated heterocycles. The van der Waals surface area contributed by atoms with Crippen LogP contribution in [0, 0.1) is 5.92 Å². The Morgan fingerprint density at radius 1 is 1.33 bits per heavy atom. The molecule has 152 valence electrons. The molecule has 27 heavy (non-hydrogen) atoms. The van der Waals surface area contributed by atoms with Gasteiger partial charge in [-0.15, -0.1) is 24.0 Å². The van der Waals surface area contributed by atoms with Crippen molar-refractivity contribution in [2.24, 2.45) is 10.9 Å². The number of nitrogens with zero attached hydrogens (tertiary/aromatic N) is 3. The third kappa shape index (κ3) is 6.04. The standard InChI is InChI=1S/C20H32N4O2.HI/c1-3-21-20(22-11-16(2)15-25)24-13-18-19(14-24)26-10-9-23(18)12-17-7-5-4-6-8-17;/h4-8,16,18-19,25H,3,9-15H2,1-2H3,(H,21,22);1H. The van der Waals surface area contributed by atoms with Gasteiger partial charge in [-0.2, -0.15) is 0 Å². The van der Waals surface area contributed by atoms with E-state index in [4.69, 9.17) is 9.73 Å². The first-order valence-corrected chi connectivity index (χ1v) is 9.75. The van der Waals surface area contributed by atoms with Gasteiger partial charge in [-0.1, -0.05) is 37.3 Å². The third-order valence-electron chi connectivity index (χ3n) is 5.14. The van der Waals surface area contributed by atoms with Gasteiger partial charge in [-0.05, 0) is 18.4 Å². The molecular formula is C20H33IN4O2. The minimum Gasteiger partial charge on any atom is -0.396 e. The number of fused-ring (bicyclic) bond motifs is 1. The lowest BCUT2D eigenvalue weighted by Crippen LogP contribution is -2.50. The van der Waals surface area contributed by atoms with Crippen LogP contribution in [0.1, 0.15) is 19.4 Å². The molecule has 0 bridgehead atoms. The predicted octanol–water partition coefficient (Wildman–Crippen LogP) is 1.78. The predicted molar refractivity (Wildman–Crippen MR) is 120 cm³/mol. The largest absolute Gasteiger partial charge is 0.396 e. The first kappa shape index (κ1) is 22.4. The maximum Gasteiger partial charge on any atom is 0.194 e. The lowest BCUT2D eigenvalue weighted by Gasteiger charge is -2.36. The van der Waals surface area contributed by atoms with Crippen molar-refractivity contribution < 1.29 is 9.84 Å². The van der Waals surface area contributed by atoms with Gasteiger partial charge in [0, 0.05) is 45.9 Å². The van der Waals surface area contributed by atoms with Crippen LogP contribution in [0.4, 0.5) is 0 Å². The molecule has 0 amide bonds. The van der Waals surface area contributed by atoms with Gasteiger partial charge in [-0.25, -0.2) is 0 Å². The molecule has 0 spiro atoms. The Morgan fingerprint density at radius 2 is 2.11 bits per heavy atom. The summed E-state index contributed by atoms with van der Waals surface area (Å²) in [4.78, 5) is 9.59. The fraction of sp³-hybridized carbons (Fsp3) is 0.650. The molecule has 0 saturated carbocycles. The van der Waals surface area contributed by atoms with Crippen LogP contribution in [0.5, 0.6) is 0 Å². The number of benzene rings is 1. The summed E-state index contributed by atoms with van der Waals surface area (Å²) in [6, 6.07) is 11.1. The number of hydrogen-bond acceptors (Lipinski definition) is 4. The molecule has 0 aliphatic carbocycles. The summed E-state index contributed by atoms with van der Waals surface area (Å²) < 4.78 is 6.07. The van der Waals surface area contributed by atoms with E-state index < -0.39 is 0 Å². The first-order valence-electron chi connectivity index (χ1n) is 9.75. The second kappa shape index (κ2) is 11.2. The molecule has 3 rings (SSSR count). The quantitative estimate of drug-likeness (QED) is 0.363. The molecule has 3 unspecified atom stereocenters. The lowest BCUT2D eigenvalue weighted by atomic mass is 10.1. The average molecular weight is 488 g/mol. The molecule has 1 aromatic carbocycles. The van der Waals surface area contributed by atoms with Crippen molar-refractivity contribution in [3.8, 4) is 0 Å². The second-order valence-electron chi connectivity index (χ2n) is 7.32. The summed E-state index contributed by atoms with van der Waals surface area (Å²) in [5.74, 6) is 1.12. The maximum atomic E-state index is 9.26. The van der Waals surface area contributed by atoms with Crippen molar-refractivity contribution in [3.63, 3.8) is 0 Å². The number of likely N-dealkylation sites (tertiary alicyclic amines) is 1. The van der Waals surface area contributed by atoms with E-state index in [0.29, 0.717) is 12.6 Å². The maximum absolute atomic E-state index is 9.26. The number of guanidine groups is 1. The van der Waals surface area contributed by atoms with Crippen molar-refractivity contribution in [2.75, 3.05) is 45.9 Å². The number of aliphatic imine (C=N–C) groups is 1. The number of hydrogen-bond donors (Lipinski definition) is 2. The van der Waals surface area contributed by atoms with Crippen LogP contribution in [-0.2, 0) is 11.3 Å². The first-order chi connectivity index (χ1) is 12.7. The van der Waals surface area contributed by atoms with Gasteiger partial charge in [0.05, 0.1) is 18.8 Å². The topological polar surface area (TPSA) is 60.3 Å². The molecule has 6 nitrogen and oxygen atoms in total. The molecule has 2 heterocycles. The summed E-state index contributed by atoms with van der Waals surface area (Å²) in [7, 11) is 0. The molecule has 2 aliphatic heterocycles. The molecule has 2 aliphatic rings. The minimum absolute atomic E-state index is 0. The second-order valence-corrected chi connectivity index (χ2v) is 7.32. The van der Waals surface area contributed by atoms with Gasteiger partial charge in [0.25, 0.3) is 0 Å². The van der Waals surface area contributed by atoms with Crippen molar-refractivity contribution in [2.45, 2.75) is 32.5 Å². The smallest absolute Gasteiger partial charge is 0.194 e. The van der Waals surface area contributed by atoms with Gasteiger partial charge in [0.15, 0.2) is 5.96 Å². The number of ether oxygens (including phenoxy) is 1. The zero-order valence-electron chi connectivity index (χ0n) is 16.4. The van der Waals surface area contributed by atoms with Gasteiger partial charge in [0.2, 0.25) is 0 Å². The summed E-state index contributed by atoms with van der Waals surface area (Å²) in [5, 5.41) is 12.7. The Balaban J connectivity index is 0.00000261. The molecule has 3 atom stereocenters. The van der Waals surface area contributed by atoms with E-state index in [1.165, 1.54) is 5.56 Å². The Kier molecular flexibility index (Phi) is 9.28. The minimum atomic E-state index is 0. The zero-order chi connectivity index (χ0) is 18.4. The van der Waals surface area contributed by atoms with Crippen LogP contribution in [0.15, 0.2) is 35.3 Å². The number of morpholine rings is 1. The fourth-order valence-corrected chi connectivity index (χ4v) is 3.67. The summed E-state index contributed by atoms with van der Waals surface area (Å²) in [5.41, 5.74) is 1.35. The van der Waals surface area contributed by atoms with Crippen LogP contribution >= 0.6 is 24.0 Å². The number of halogens is 1. The summed E-state index contributed by atoms with van der Waals surface area (Å²) in [6.45, 7) is 10.3. The van der Waals surface area contributed by atoms with E-state index in [0.717, 1.165) is 45.3 Å². The van der Waals surface area contributed by atoms with Crippen molar-refractivity contribution in [1.29, 1.82) is 0 Å². The summed E-state index contributed by atoms with van der Waals surface area (Å²) in [6.07, 6.45) is 0.228. The van der Waals surface area contributed by atoms with Gasteiger partial charge < -0.3 is 20.1 Å². The highest BCUT2D eigenvalue weighted by Crippen LogP contribution is 2.24. The Bertz CT molecular complexity index is 587. The Hall–Kier alpha value is -0.900. The average Bonchev–Trinajstić information content (AvgIpc) is 3.11.